The van der Waals surface area contributed by atoms with Gasteiger partial charge in [0.2, 0.25) is 5.91 Å². The van der Waals surface area contributed by atoms with Crippen LogP contribution in [0.3, 0.4) is 0 Å². The minimum atomic E-state index is -1.27. The fraction of sp³-hybridized carbons (Fsp3) is 0.360. The van der Waals surface area contributed by atoms with Crippen molar-refractivity contribution in [1.82, 2.24) is 15.1 Å². The highest BCUT2D eigenvalue weighted by Gasteiger charge is 2.64. The molecule has 2 heterocycles. The third-order valence-electron chi connectivity index (χ3n) is 6.75. The number of benzene rings is 2. The Morgan fingerprint density at radius 3 is 2.47 bits per heavy atom. The number of nitrogens with two attached hydrogens (primary N) is 1. The summed E-state index contributed by atoms with van der Waals surface area (Å²) in [4.78, 5) is 44.5. The van der Waals surface area contributed by atoms with Crippen molar-refractivity contribution >= 4 is 46.7 Å². The first-order valence-corrected chi connectivity index (χ1v) is 12.2. The van der Waals surface area contributed by atoms with Crippen molar-refractivity contribution in [2.75, 3.05) is 44.7 Å². The number of halogens is 2. The number of carbonyl (C=O) groups is 3. The molecule has 2 aromatic carbocycles. The number of rotatable bonds is 7. The number of anilines is 1. The predicted octanol–water partition coefficient (Wildman–Crippen LogP) is 2.57. The highest BCUT2D eigenvalue weighted by atomic mass is 35.5. The smallest absolute Gasteiger partial charge is 0.332 e. The van der Waals surface area contributed by atoms with E-state index in [2.05, 4.69) is 11.4 Å². The molecule has 2 aliphatic rings. The molecule has 1 spiro atoms. The van der Waals surface area contributed by atoms with Gasteiger partial charge in [0.1, 0.15) is 5.54 Å². The Bertz CT molecular complexity index is 1210. The van der Waals surface area contributed by atoms with Crippen LogP contribution < -0.4 is 16.0 Å². The van der Waals surface area contributed by atoms with Crippen LogP contribution in [-0.2, 0) is 9.59 Å². The van der Waals surface area contributed by atoms with Crippen molar-refractivity contribution < 1.29 is 14.4 Å². The van der Waals surface area contributed by atoms with Crippen molar-refractivity contribution in [1.29, 1.82) is 5.26 Å². The Balaban J connectivity index is 1.72. The summed E-state index contributed by atoms with van der Waals surface area (Å²) in [7, 11) is 1.59. The molecule has 2 fully saturated rings. The summed E-state index contributed by atoms with van der Waals surface area (Å²) in [6.07, 6.45) is 0.663. The Hall–Kier alpha value is -3.16. The highest BCUT2D eigenvalue weighted by molar-refractivity contribution is 6.35. The number of hydrogen-bond donors (Lipinski definition) is 2. The van der Waals surface area contributed by atoms with E-state index in [1.807, 2.05) is 4.90 Å². The summed E-state index contributed by atoms with van der Waals surface area (Å²) in [5.74, 6) is -1.05. The van der Waals surface area contributed by atoms with E-state index in [1.165, 1.54) is 23.1 Å². The van der Waals surface area contributed by atoms with Crippen LogP contribution in [0.1, 0.15) is 23.5 Å². The second-order valence-electron chi connectivity index (χ2n) is 8.98. The standard InChI is InChI=1S/C25H26Cl2N6O3/c1-31-24(36)33(20-10-18(26)9-19(27)11-20)23(35)25(31)15-32(14-22(34)30-8-2-7-28)13-21(25)17-5-3-16(12-29)4-6-17/h3-6,9-11,21H,2,7-8,13-15,28H2,1H3,(H,30,34). The molecule has 2 saturated heterocycles. The number of imide groups is 1. The van der Waals surface area contributed by atoms with Crippen LogP contribution in [0.4, 0.5) is 10.5 Å². The second-order valence-corrected chi connectivity index (χ2v) is 9.86. The molecular formula is C25H26Cl2N6O3. The van der Waals surface area contributed by atoms with Gasteiger partial charge in [-0.1, -0.05) is 35.3 Å². The summed E-state index contributed by atoms with van der Waals surface area (Å²) in [6, 6.07) is 13.1. The average molecular weight is 529 g/mol. The van der Waals surface area contributed by atoms with Crippen LogP contribution in [-0.4, -0.2) is 73.0 Å². The van der Waals surface area contributed by atoms with Crippen molar-refractivity contribution in [2.45, 2.75) is 17.9 Å². The molecule has 0 saturated carbocycles. The van der Waals surface area contributed by atoms with Gasteiger partial charge in [-0.2, -0.15) is 5.26 Å². The van der Waals surface area contributed by atoms with Gasteiger partial charge in [0.15, 0.2) is 0 Å². The van der Waals surface area contributed by atoms with Crippen LogP contribution in [0.15, 0.2) is 42.5 Å². The zero-order chi connectivity index (χ0) is 26.0. The maximum absolute atomic E-state index is 14.1. The van der Waals surface area contributed by atoms with Crippen LogP contribution >= 0.6 is 23.2 Å². The van der Waals surface area contributed by atoms with E-state index < -0.39 is 23.4 Å². The van der Waals surface area contributed by atoms with Crippen molar-refractivity contribution in [3.8, 4) is 6.07 Å². The average Bonchev–Trinajstić information content (AvgIpc) is 3.30. The number of hydrogen-bond acceptors (Lipinski definition) is 6. The molecule has 2 aliphatic heterocycles. The molecule has 188 valence electrons. The first-order chi connectivity index (χ1) is 17.2. The Kier molecular flexibility index (Phi) is 7.52. The quantitative estimate of drug-likeness (QED) is 0.420. The van der Waals surface area contributed by atoms with Gasteiger partial charge in [0.25, 0.3) is 5.91 Å². The Morgan fingerprint density at radius 2 is 1.86 bits per heavy atom. The molecule has 2 atom stereocenters. The zero-order valence-corrected chi connectivity index (χ0v) is 21.2. The topological polar surface area (TPSA) is 123 Å². The van der Waals surface area contributed by atoms with Gasteiger partial charge in [-0.25, -0.2) is 9.69 Å². The van der Waals surface area contributed by atoms with Crippen LogP contribution in [0.2, 0.25) is 10.0 Å². The fourth-order valence-corrected chi connectivity index (χ4v) is 5.52. The molecule has 0 aliphatic carbocycles. The number of nitrogens with one attached hydrogen (secondary N) is 1. The molecule has 0 radical (unpaired) electrons. The third kappa shape index (κ3) is 4.65. The number of nitriles is 1. The molecule has 9 nitrogen and oxygen atoms in total. The molecule has 0 aromatic heterocycles. The van der Waals surface area contributed by atoms with Gasteiger partial charge in [-0.3, -0.25) is 14.5 Å². The van der Waals surface area contributed by atoms with Crippen molar-refractivity contribution in [3.05, 3.63) is 63.6 Å². The summed E-state index contributed by atoms with van der Waals surface area (Å²) < 4.78 is 0. The lowest BCUT2D eigenvalue weighted by Gasteiger charge is -2.34. The zero-order valence-electron chi connectivity index (χ0n) is 19.7. The fourth-order valence-electron chi connectivity index (χ4n) is 5.00. The predicted molar refractivity (Wildman–Crippen MR) is 137 cm³/mol. The van der Waals surface area contributed by atoms with E-state index in [-0.39, 0.29) is 24.7 Å². The first-order valence-electron chi connectivity index (χ1n) is 11.5. The third-order valence-corrected chi connectivity index (χ3v) is 7.19. The van der Waals surface area contributed by atoms with Gasteiger partial charge in [0.05, 0.1) is 23.9 Å². The van der Waals surface area contributed by atoms with Crippen molar-refractivity contribution in [3.63, 3.8) is 0 Å². The van der Waals surface area contributed by atoms with Crippen LogP contribution in [0.5, 0.6) is 0 Å². The summed E-state index contributed by atoms with van der Waals surface area (Å²) >= 11 is 12.3. The van der Waals surface area contributed by atoms with E-state index in [1.54, 1.807) is 31.3 Å². The summed E-state index contributed by atoms with van der Waals surface area (Å²) in [5.41, 5.74) is 5.80. The lowest BCUT2D eigenvalue weighted by Crippen LogP contribution is -2.54. The summed E-state index contributed by atoms with van der Waals surface area (Å²) in [6.45, 7) is 1.53. The lowest BCUT2D eigenvalue weighted by atomic mass is 9.80. The van der Waals surface area contributed by atoms with Gasteiger partial charge in [0, 0.05) is 42.6 Å². The Labute approximate surface area is 219 Å². The number of likely N-dealkylation sites (N-methyl/N-ethyl adjacent to an activating group) is 1. The van der Waals surface area contributed by atoms with E-state index in [0.717, 1.165) is 10.5 Å². The van der Waals surface area contributed by atoms with E-state index in [4.69, 9.17) is 28.9 Å². The lowest BCUT2D eigenvalue weighted by molar-refractivity contribution is -0.125. The van der Waals surface area contributed by atoms with Gasteiger partial charge < -0.3 is 16.0 Å². The Morgan fingerprint density at radius 1 is 1.19 bits per heavy atom. The van der Waals surface area contributed by atoms with Gasteiger partial charge in [-0.15, -0.1) is 0 Å². The number of nitrogens with zero attached hydrogens (tertiary/aromatic N) is 4. The van der Waals surface area contributed by atoms with E-state index in [9.17, 15) is 19.6 Å². The monoisotopic (exact) mass is 528 g/mol. The largest absolute Gasteiger partial charge is 0.355 e. The maximum Gasteiger partial charge on any atom is 0.332 e. The molecule has 2 unspecified atom stereocenters. The number of amides is 4. The molecule has 4 amide bonds. The van der Waals surface area contributed by atoms with Crippen LogP contribution in [0.25, 0.3) is 0 Å². The molecular weight excluding hydrogens is 503 g/mol. The molecule has 0 bridgehead atoms. The maximum atomic E-state index is 14.1. The number of urea groups is 1. The van der Waals surface area contributed by atoms with Crippen molar-refractivity contribution in [2.24, 2.45) is 5.73 Å². The van der Waals surface area contributed by atoms with E-state index >= 15 is 0 Å². The molecule has 36 heavy (non-hydrogen) atoms. The van der Waals surface area contributed by atoms with Crippen LogP contribution in [0, 0.1) is 11.3 Å². The van der Waals surface area contributed by atoms with Gasteiger partial charge in [-0.05, 0) is 48.9 Å². The minimum Gasteiger partial charge on any atom is -0.355 e. The normalized spacial score (nSPS) is 21.9. The first kappa shape index (κ1) is 25.9. The number of likely N-dealkylation sites (tertiary alicyclic amines) is 1. The highest BCUT2D eigenvalue weighted by Crippen LogP contribution is 2.46. The van der Waals surface area contributed by atoms with E-state index in [0.29, 0.717) is 41.7 Å². The molecule has 4 rings (SSSR count). The second kappa shape index (κ2) is 10.4. The minimum absolute atomic E-state index is 0.0669. The summed E-state index contributed by atoms with van der Waals surface area (Å²) in [5, 5.41) is 12.6. The number of carbonyl (C=O) groups excluding carboxylic acids is 3. The molecule has 11 heteroatoms. The molecule has 3 N–H and O–H groups in total. The SMILES string of the molecule is CN1C(=O)N(c2cc(Cl)cc(Cl)c2)C(=O)C12CN(CC(=O)NCCCN)CC2c1ccc(C#N)cc1. The molecule has 2 aromatic rings. The van der Waals surface area contributed by atoms with Gasteiger partial charge >= 0.3 is 6.03 Å².